The zero-order valence-electron chi connectivity index (χ0n) is 17.1. The molecule has 1 N–H and O–H groups in total. The van der Waals surface area contributed by atoms with Gasteiger partial charge in [0, 0.05) is 25.7 Å². The van der Waals surface area contributed by atoms with E-state index in [1.54, 1.807) is 27.7 Å². The van der Waals surface area contributed by atoms with Crippen molar-refractivity contribution in [3.63, 3.8) is 0 Å². The zero-order chi connectivity index (χ0) is 21.4. The van der Waals surface area contributed by atoms with E-state index in [4.69, 9.17) is 9.84 Å². The van der Waals surface area contributed by atoms with Gasteiger partial charge in [-0.2, -0.15) is 0 Å². The molecule has 0 radical (unpaired) electrons. The van der Waals surface area contributed by atoms with Crippen LogP contribution in [-0.2, 0) is 36.8 Å². The van der Waals surface area contributed by atoms with Crippen LogP contribution in [0.1, 0.15) is 64.5 Å². The smallest absolute Gasteiger partial charge is 0.309 e. The lowest BCUT2D eigenvalue weighted by Crippen LogP contribution is -2.25. The molecule has 1 rings (SSSR count). The fraction of sp³-hybridized carbons (Fsp3) is 0.545. The molecular weight excluding hydrogens is 360 g/mol. The van der Waals surface area contributed by atoms with Crippen LogP contribution in [0.3, 0.4) is 0 Å². The third-order valence-electron chi connectivity index (χ3n) is 4.81. The van der Waals surface area contributed by atoms with E-state index in [0.29, 0.717) is 25.7 Å². The van der Waals surface area contributed by atoms with Crippen molar-refractivity contribution in [1.29, 1.82) is 0 Å². The van der Waals surface area contributed by atoms with Gasteiger partial charge in [-0.1, -0.05) is 24.3 Å². The van der Waals surface area contributed by atoms with Crippen LogP contribution in [0.4, 0.5) is 0 Å². The minimum atomic E-state index is -0.912. The molecule has 0 atom stereocenters. The van der Waals surface area contributed by atoms with Crippen LogP contribution >= 0.6 is 0 Å². The quantitative estimate of drug-likeness (QED) is 0.518. The zero-order valence-corrected chi connectivity index (χ0v) is 17.1. The van der Waals surface area contributed by atoms with Gasteiger partial charge >= 0.3 is 5.97 Å². The molecule has 0 aliphatic rings. The van der Waals surface area contributed by atoms with Crippen LogP contribution in [-0.4, -0.2) is 34.7 Å². The molecule has 154 valence electrons. The number of Topliss-reactive ketones (excluding diaryl/α,β-unsaturated/α-hetero) is 2. The summed E-state index contributed by atoms with van der Waals surface area (Å²) < 4.78 is 4.94. The van der Waals surface area contributed by atoms with Crippen molar-refractivity contribution in [3.05, 3.63) is 35.4 Å². The Labute approximate surface area is 166 Å². The molecule has 28 heavy (non-hydrogen) atoms. The number of hydrogen-bond acceptors (Lipinski definition) is 5. The van der Waals surface area contributed by atoms with E-state index in [9.17, 15) is 19.2 Å². The molecule has 0 heterocycles. The van der Waals surface area contributed by atoms with Crippen LogP contribution in [0.25, 0.3) is 0 Å². The lowest BCUT2D eigenvalue weighted by molar-refractivity contribution is -0.147. The molecule has 0 aliphatic heterocycles. The monoisotopic (exact) mass is 390 g/mol. The summed E-state index contributed by atoms with van der Waals surface area (Å²) in [5.74, 6) is -0.853. The first-order valence-electron chi connectivity index (χ1n) is 9.41. The number of carboxylic acid groups (broad SMARTS) is 1. The Morgan fingerprint density at radius 2 is 1.32 bits per heavy atom. The number of benzene rings is 1. The van der Waals surface area contributed by atoms with Crippen LogP contribution in [0.15, 0.2) is 24.3 Å². The summed E-state index contributed by atoms with van der Waals surface area (Å²) in [6, 6.07) is 7.30. The van der Waals surface area contributed by atoms with Crippen molar-refractivity contribution in [2.45, 2.75) is 71.8 Å². The highest BCUT2D eigenvalue weighted by molar-refractivity contribution is 5.82. The summed E-state index contributed by atoms with van der Waals surface area (Å²) in [6.07, 6.45) is 1.85. The summed E-state index contributed by atoms with van der Waals surface area (Å²) in [5.41, 5.74) is 0.138. The average molecular weight is 390 g/mol. The fourth-order valence-corrected chi connectivity index (χ4v) is 2.60. The molecule has 0 unspecified atom stereocenters. The number of hydrogen-bond donors (Lipinski definition) is 1. The van der Waals surface area contributed by atoms with Gasteiger partial charge in [-0.05, 0) is 51.7 Å². The molecule has 1 aromatic rings. The SMILES string of the molecule is CC(C)(CCC(=O)Cc1ccc(CC(=O)CCC(C)(C)C(=O)O)cc1)OC=O. The van der Waals surface area contributed by atoms with E-state index in [1.807, 2.05) is 24.3 Å². The highest BCUT2D eigenvalue weighted by Crippen LogP contribution is 2.23. The number of carbonyl (C=O) groups excluding carboxylic acids is 3. The molecule has 0 saturated heterocycles. The maximum Gasteiger partial charge on any atom is 0.309 e. The van der Waals surface area contributed by atoms with Crippen molar-refractivity contribution >= 4 is 24.0 Å². The molecule has 0 aliphatic carbocycles. The van der Waals surface area contributed by atoms with Crippen LogP contribution < -0.4 is 0 Å². The standard InChI is InChI=1S/C22H30O6/c1-21(2,20(26)27)11-9-18(24)13-16-5-7-17(8-6-16)14-19(25)10-12-22(3,4)28-15-23/h5-8,15H,9-14H2,1-4H3,(H,26,27). The molecule has 6 heteroatoms. The van der Waals surface area contributed by atoms with E-state index in [1.165, 1.54) is 0 Å². The molecule has 0 spiro atoms. The van der Waals surface area contributed by atoms with E-state index in [2.05, 4.69) is 0 Å². The van der Waals surface area contributed by atoms with Gasteiger partial charge in [-0.3, -0.25) is 19.2 Å². The van der Waals surface area contributed by atoms with Gasteiger partial charge in [-0.25, -0.2) is 0 Å². The molecule has 6 nitrogen and oxygen atoms in total. The van der Waals surface area contributed by atoms with E-state index in [-0.39, 0.29) is 30.8 Å². The first-order valence-corrected chi connectivity index (χ1v) is 9.41. The fourth-order valence-electron chi connectivity index (χ4n) is 2.60. The predicted octanol–water partition coefficient (Wildman–Crippen LogP) is 3.53. The Bertz CT molecular complexity index is 700. The van der Waals surface area contributed by atoms with Gasteiger partial charge in [0.1, 0.15) is 17.2 Å². The predicted molar refractivity (Wildman–Crippen MR) is 105 cm³/mol. The van der Waals surface area contributed by atoms with Crippen molar-refractivity contribution in [2.24, 2.45) is 5.41 Å². The summed E-state index contributed by atoms with van der Waals surface area (Å²) in [7, 11) is 0. The summed E-state index contributed by atoms with van der Waals surface area (Å²) in [6.45, 7) is 7.14. The van der Waals surface area contributed by atoms with Gasteiger partial charge in [0.2, 0.25) is 0 Å². The van der Waals surface area contributed by atoms with Gasteiger partial charge in [0.25, 0.3) is 6.47 Å². The normalized spacial score (nSPS) is 11.7. The molecule has 0 fully saturated rings. The Kier molecular flexibility index (Phi) is 8.54. The maximum atomic E-state index is 12.1. The third-order valence-corrected chi connectivity index (χ3v) is 4.81. The summed E-state index contributed by atoms with van der Waals surface area (Å²) in [5, 5.41) is 9.09. The van der Waals surface area contributed by atoms with Gasteiger partial charge < -0.3 is 9.84 Å². The molecule has 1 aromatic carbocycles. The van der Waals surface area contributed by atoms with Crippen LogP contribution in [0.2, 0.25) is 0 Å². The molecule has 0 aromatic heterocycles. The summed E-state index contributed by atoms with van der Waals surface area (Å²) >= 11 is 0. The minimum Gasteiger partial charge on any atom is -0.481 e. The second kappa shape index (κ2) is 10.2. The first kappa shape index (κ1) is 23.5. The first-order chi connectivity index (χ1) is 12.9. The van der Waals surface area contributed by atoms with Gasteiger partial charge in [0.05, 0.1) is 5.41 Å². The van der Waals surface area contributed by atoms with E-state index >= 15 is 0 Å². The van der Waals surface area contributed by atoms with Crippen molar-refractivity contribution in [1.82, 2.24) is 0 Å². The average Bonchev–Trinajstić information content (AvgIpc) is 2.60. The van der Waals surface area contributed by atoms with Gasteiger partial charge in [-0.15, -0.1) is 0 Å². The Morgan fingerprint density at radius 3 is 1.71 bits per heavy atom. The van der Waals surface area contributed by atoms with E-state index in [0.717, 1.165) is 11.1 Å². The number of ketones is 2. The van der Waals surface area contributed by atoms with Crippen LogP contribution in [0, 0.1) is 5.41 Å². The number of aliphatic carboxylic acids is 1. The highest BCUT2D eigenvalue weighted by Gasteiger charge is 2.27. The van der Waals surface area contributed by atoms with Crippen LogP contribution in [0.5, 0.6) is 0 Å². The maximum absolute atomic E-state index is 12.1. The van der Waals surface area contributed by atoms with Crippen molar-refractivity contribution in [3.8, 4) is 0 Å². The second-order valence-corrected chi connectivity index (χ2v) is 8.41. The molecule has 0 bridgehead atoms. The molecule has 0 amide bonds. The Balaban J connectivity index is 2.48. The van der Waals surface area contributed by atoms with E-state index < -0.39 is 17.0 Å². The lowest BCUT2D eigenvalue weighted by Gasteiger charge is -2.21. The Hall–Kier alpha value is -2.50. The van der Waals surface area contributed by atoms with Crippen molar-refractivity contribution in [2.75, 3.05) is 0 Å². The third kappa shape index (κ3) is 8.46. The number of carboxylic acids is 1. The lowest BCUT2D eigenvalue weighted by atomic mass is 9.86. The molecular formula is C22H30O6. The van der Waals surface area contributed by atoms with Gasteiger partial charge in [0.15, 0.2) is 0 Å². The largest absolute Gasteiger partial charge is 0.481 e. The summed E-state index contributed by atoms with van der Waals surface area (Å²) in [4.78, 5) is 45.7. The highest BCUT2D eigenvalue weighted by atomic mass is 16.5. The van der Waals surface area contributed by atoms with Crippen molar-refractivity contribution < 1.29 is 29.0 Å². The Morgan fingerprint density at radius 1 is 0.893 bits per heavy atom. The second-order valence-electron chi connectivity index (χ2n) is 8.41. The number of rotatable bonds is 13. The number of ether oxygens (including phenoxy) is 1. The minimum absolute atomic E-state index is 0.00411. The topological polar surface area (TPSA) is 97.7 Å². The number of carbonyl (C=O) groups is 4. The molecule has 0 saturated carbocycles.